The van der Waals surface area contributed by atoms with Gasteiger partial charge in [0.1, 0.15) is 16.2 Å². The van der Waals surface area contributed by atoms with Gasteiger partial charge >= 0.3 is 0 Å². The molecule has 0 unspecified atom stereocenters. The first-order chi connectivity index (χ1) is 8.45. The van der Waals surface area contributed by atoms with Crippen molar-refractivity contribution in [3.05, 3.63) is 27.9 Å². The highest BCUT2D eigenvalue weighted by Gasteiger charge is 2.12. The van der Waals surface area contributed by atoms with Gasteiger partial charge in [-0.3, -0.25) is 0 Å². The molecular formula is C14H22N4S. The number of aryl methyl sites for hydroxylation is 3. The summed E-state index contributed by atoms with van der Waals surface area (Å²) in [5.41, 5.74) is 10.1. The zero-order chi connectivity index (χ0) is 13.4. The van der Waals surface area contributed by atoms with E-state index in [1.807, 2.05) is 31.5 Å². The molecule has 0 aliphatic rings. The normalized spacial score (nSPS) is 10.3. The molecule has 5 heteroatoms. The Kier molecular flexibility index (Phi) is 4.52. The lowest BCUT2D eigenvalue weighted by Crippen LogP contribution is -2.04. The van der Waals surface area contributed by atoms with Crippen molar-refractivity contribution in [1.82, 2.24) is 14.3 Å². The molecule has 0 atom stereocenters. The standard InChI is InChI=1S/C13H18N4S.CH4/c1-5-17-11(14)7-10(15-17)12-8(2)6-9(3)13(18)16(12)4;/h6-7H,5,14H2,1-4H3;1H4. The smallest absolute Gasteiger partial charge is 0.122 e. The Labute approximate surface area is 119 Å². The minimum absolute atomic E-state index is 0. The molecule has 2 heterocycles. The third-order valence-corrected chi connectivity index (χ3v) is 3.73. The van der Waals surface area contributed by atoms with Crippen molar-refractivity contribution in [1.29, 1.82) is 0 Å². The van der Waals surface area contributed by atoms with Crippen LogP contribution in [-0.2, 0) is 13.6 Å². The Hall–Kier alpha value is -1.62. The van der Waals surface area contributed by atoms with Gasteiger partial charge in [0.05, 0.1) is 5.69 Å². The summed E-state index contributed by atoms with van der Waals surface area (Å²) in [6.07, 6.45) is 0. The zero-order valence-electron chi connectivity index (χ0n) is 11.2. The first kappa shape index (κ1) is 15.4. The van der Waals surface area contributed by atoms with E-state index in [1.54, 1.807) is 4.68 Å². The van der Waals surface area contributed by atoms with Crippen LogP contribution in [0.5, 0.6) is 0 Å². The van der Waals surface area contributed by atoms with Crippen LogP contribution in [0.2, 0.25) is 0 Å². The van der Waals surface area contributed by atoms with Crippen LogP contribution in [-0.4, -0.2) is 14.3 Å². The Morgan fingerprint density at radius 3 is 2.42 bits per heavy atom. The number of nitrogen functional groups attached to an aromatic ring is 1. The van der Waals surface area contributed by atoms with Crippen LogP contribution in [0.1, 0.15) is 25.5 Å². The quantitative estimate of drug-likeness (QED) is 0.856. The molecule has 2 N–H and O–H groups in total. The molecule has 19 heavy (non-hydrogen) atoms. The Morgan fingerprint density at radius 2 is 1.89 bits per heavy atom. The van der Waals surface area contributed by atoms with E-state index in [0.717, 1.165) is 33.7 Å². The van der Waals surface area contributed by atoms with E-state index in [4.69, 9.17) is 18.0 Å². The molecular weight excluding hydrogens is 256 g/mol. The monoisotopic (exact) mass is 278 g/mol. The third-order valence-electron chi connectivity index (χ3n) is 3.14. The number of hydrogen-bond acceptors (Lipinski definition) is 3. The predicted molar refractivity (Wildman–Crippen MR) is 83.8 cm³/mol. The molecule has 0 aliphatic heterocycles. The predicted octanol–water partition coefficient (Wildman–Crippen LogP) is 3.47. The Bertz CT molecular complexity index is 652. The van der Waals surface area contributed by atoms with E-state index in [2.05, 4.69) is 18.1 Å². The highest BCUT2D eigenvalue weighted by molar-refractivity contribution is 7.71. The van der Waals surface area contributed by atoms with Crippen molar-refractivity contribution in [2.75, 3.05) is 5.73 Å². The maximum atomic E-state index is 5.92. The lowest BCUT2D eigenvalue weighted by molar-refractivity contribution is 0.670. The maximum absolute atomic E-state index is 5.92. The molecule has 0 fully saturated rings. The number of pyridine rings is 1. The Morgan fingerprint density at radius 1 is 1.26 bits per heavy atom. The van der Waals surface area contributed by atoms with Crippen LogP contribution in [0.4, 0.5) is 5.82 Å². The largest absolute Gasteiger partial charge is 0.384 e. The third kappa shape index (κ3) is 2.56. The number of nitrogens with zero attached hydrogens (tertiary/aromatic N) is 3. The molecule has 0 bridgehead atoms. The van der Waals surface area contributed by atoms with E-state index in [-0.39, 0.29) is 7.43 Å². The van der Waals surface area contributed by atoms with E-state index in [1.165, 1.54) is 0 Å². The van der Waals surface area contributed by atoms with Crippen LogP contribution in [0.25, 0.3) is 11.4 Å². The zero-order valence-corrected chi connectivity index (χ0v) is 12.0. The molecule has 2 rings (SSSR count). The summed E-state index contributed by atoms with van der Waals surface area (Å²) in [7, 11) is 1.97. The van der Waals surface area contributed by atoms with Gasteiger partial charge in [0, 0.05) is 19.7 Å². The lowest BCUT2D eigenvalue weighted by atomic mass is 10.1. The van der Waals surface area contributed by atoms with E-state index >= 15 is 0 Å². The van der Waals surface area contributed by atoms with E-state index in [9.17, 15) is 0 Å². The van der Waals surface area contributed by atoms with Gasteiger partial charge < -0.3 is 10.3 Å². The van der Waals surface area contributed by atoms with Crippen LogP contribution >= 0.6 is 12.2 Å². The van der Waals surface area contributed by atoms with Crippen LogP contribution in [0.15, 0.2) is 12.1 Å². The van der Waals surface area contributed by atoms with Gasteiger partial charge in [-0.1, -0.05) is 25.7 Å². The summed E-state index contributed by atoms with van der Waals surface area (Å²) in [4.78, 5) is 0. The van der Waals surface area contributed by atoms with Crippen molar-refractivity contribution in [2.45, 2.75) is 34.7 Å². The average Bonchev–Trinajstić information content (AvgIpc) is 2.67. The molecule has 2 aromatic rings. The number of anilines is 1. The van der Waals surface area contributed by atoms with Crippen molar-refractivity contribution in [3.8, 4) is 11.4 Å². The molecule has 104 valence electrons. The number of hydrogen-bond donors (Lipinski definition) is 1. The summed E-state index contributed by atoms with van der Waals surface area (Å²) in [6.45, 7) is 6.88. The maximum Gasteiger partial charge on any atom is 0.122 e. The van der Waals surface area contributed by atoms with Crippen molar-refractivity contribution < 1.29 is 0 Å². The molecule has 4 nitrogen and oxygen atoms in total. The van der Waals surface area contributed by atoms with Crippen molar-refractivity contribution in [2.24, 2.45) is 7.05 Å². The highest BCUT2D eigenvalue weighted by Crippen LogP contribution is 2.25. The lowest BCUT2D eigenvalue weighted by Gasteiger charge is -2.12. The van der Waals surface area contributed by atoms with Crippen molar-refractivity contribution in [3.63, 3.8) is 0 Å². The minimum Gasteiger partial charge on any atom is -0.384 e. The summed E-state index contributed by atoms with van der Waals surface area (Å²) in [6, 6.07) is 3.99. The molecule has 0 aromatic carbocycles. The van der Waals surface area contributed by atoms with Crippen molar-refractivity contribution >= 4 is 18.0 Å². The second-order valence-corrected chi connectivity index (χ2v) is 4.88. The van der Waals surface area contributed by atoms with Gasteiger partial charge in [-0.15, -0.1) is 0 Å². The SMILES string of the molecule is C.CCn1nc(-c2c(C)cc(C)c(=S)n2C)cc1N. The van der Waals surface area contributed by atoms with E-state index < -0.39 is 0 Å². The average molecular weight is 278 g/mol. The highest BCUT2D eigenvalue weighted by atomic mass is 32.1. The Balaban J connectivity index is 0.00000180. The molecule has 0 saturated heterocycles. The summed E-state index contributed by atoms with van der Waals surface area (Å²) in [5.74, 6) is 0.679. The van der Waals surface area contributed by atoms with Gasteiger partial charge in [0.15, 0.2) is 0 Å². The molecule has 2 aromatic heterocycles. The van der Waals surface area contributed by atoms with E-state index in [0.29, 0.717) is 5.82 Å². The van der Waals surface area contributed by atoms with Crippen LogP contribution in [0.3, 0.4) is 0 Å². The summed E-state index contributed by atoms with van der Waals surface area (Å²) >= 11 is 5.41. The molecule has 0 aliphatic carbocycles. The second kappa shape index (κ2) is 5.57. The molecule has 0 radical (unpaired) electrons. The topological polar surface area (TPSA) is 48.8 Å². The first-order valence-electron chi connectivity index (χ1n) is 5.96. The number of nitrogens with two attached hydrogens (primary N) is 1. The summed E-state index contributed by atoms with van der Waals surface area (Å²) in [5, 5.41) is 4.52. The fraction of sp³-hybridized carbons (Fsp3) is 0.429. The fourth-order valence-corrected chi connectivity index (χ4v) is 2.41. The number of rotatable bonds is 2. The molecule has 0 spiro atoms. The second-order valence-electron chi connectivity index (χ2n) is 4.49. The van der Waals surface area contributed by atoms with Gasteiger partial charge in [0.25, 0.3) is 0 Å². The first-order valence-corrected chi connectivity index (χ1v) is 6.37. The van der Waals surface area contributed by atoms with Gasteiger partial charge in [-0.05, 0) is 31.9 Å². The minimum atomic E-state index is 0. The summed E-state index contributed by atoms with van der Waals surface area (Å²) < 4.78 is 4.62. The number of aromatic nitrogens is 3. The van der Waals surface area contributed by atoms with Gasteiger partial charge in [0.2, 0.25) is 0 Å². The van der Waals surface area contributed by atoms with Gasteiger partial charge in [-0.2, -0.15) is 5.10 Å². The van der Waals surface area contributed by atoms with Gasteiger partial charge in [-0.25, -0.2) is 4.68 Å². The molecule has 0 saturated carbocycles. The fourth-order valence-electron chi connectivity index (χ4n) is 2.26. The molecule has 0 amide bonds. The van der Waals surface area contributed by atoms with Crippen LogP contribution < -0.4 is 5.73 Å². The van der Waals surface area contributed by atoms with Crippen LogP contribution in [0, 0.1) is 18.5 Å².